The molecule has 5 heteroatoms. The highest BCUT2D eigenvalue weighted by atomic mass is 16.5. The second-order valence-corrected chi connectivity index (χ2v) is 7.30. The van der Waals surface area contributed by atoms with Crippen molar-refractivity contribution in [2.75, 3.05) is 25.5 Å². The van der Waals surface area contributed by atoms with E-state index in [9.17, 15) is 4.79 Å². The van der Waals surface area contributed by atoms with Crippen molar-refractivity contribution >= 4 is 11.5 Å². The molecule has 1 aliphatic heterocycles. The fraction of sp³-hybridized carbons (Fsp3) is 0.400. The summed E-state index contributed by atoms with van der Waals surface area (Å²) in [6.45, 7) is 7.12. The summed E-state index contributed by atoms with van der Waals surface area (Å²) in [5, 5.41) is 3.98. The van der Waals surface area contributed by atoms with Crippen LogP contribution in [0.4, 0.5) is 5.69 Å². The Morgan fingerprint density at radius 3 is 2.72 bits per heavy atom. The molecule has 25 heavy (non-hydrogen) atoms. The van der Waals surface area contributed by atoms with Crippen LogP contribution in [0.25, 0.3) is 0 Å². The molecule has 0 saturated heterocycles. The quantitative estimate of drug-likeness (QED) is 0.782. The number of fused-ring (bicyclic) bond motifs is 1. The molecule has 2 heterocycles. The summed E-state index contributed by atoms with van der Waals surface area (Å²) >= 11 is 0. The highest BCUT2D eigenvalue weighted by Gasteiger charge is 2.38. The summed E-state index contributed by atoms with van der Waals surface area (Å²) in [5.74, 6) is 0.870. The molecule has 3 rings (SSSR count). The van der Waals surface area contributed by atoms with Crippen LogP contribution in [0.3, 0.4) is 0 Å². The lowest BCUT2D eigenvalue weighted by atomic mass is 9.83. The maximum absolute atomic E-state index is 12.6. The number of hydrogen-bond acceptors (Lipinski definition) is 5. The second kappa shape index (κ2) is 6.48. The molecule has 1 aliphatic rings. The molecule has 1 aromatic carbocycles. The Bertz CT molecular complexity index is 820. The smallest absolute Gasteiger partial charge is 0.171 e. The van der Waals surface area contributed by atoms with Gasteiger partial charge in [0.15, 0.2) is 5.78 Å². The minimum Gasteiger partial charge on any atom is -0.361 e. The molecule has 132 valence electrons. The van der Waals surface area contributed by atoms with E-state index in [1.807, 2.05) is 44.1 Å². The van der Waals surface area contributed by atoms with E-state index >= 15 is 0 Å². The van der Waals surface area contributed by atoms with Crippen LogP contribution in [0.1, 0.15) is 30.9 Å². The Morgan fingerprint density at radius 1 is 1.36 bits per heavy atom. The molecule has 0 saturated carbocycles. The van der Waals surface area contributed by atoms with Gasteiger partial charge in [0.25, 0.3) is 0 Å². The number of rotatable bonds is 5. The lowest BCUT2D eigenvalue weighted by Gasteiger charge is -2.24. The van der Waals surface area contributed by atoms with Crippen LogP contribution >= 0.6 is 0 Å². The van der Waals surface area contributed by atoms with Gasteiger partial charge in [-0.3, -0.25) is 9.69 Å². The largest absolute Gasteiger partial charge is 0.361 e. The zero-order chi connectivity index (χ0) is 18.2. The Morgan fingerprint density at radius 2 is 2.08 bits per heavy atom. The van der Waals surface area contributed by atoms with Gasteiger partial charge in [0.05, 0.1) is 12.2 Å². The van der Waals surface area contributed by atoms with E-state index in [4.69, 9.17) is 4.52 Å². The van der Waals surface area contributed by atoms with Crippen LogP contribution in [0, 0.1) is 6.92 Å². The first-order chi connectivity index (χ1) is 11.8. The first-order valence-electron chi connectivity index (χ1n) is 8.48. The molecular weight excluding hydrogens is 314 g/mol. The van der Waals surface area contributed by atoms with Gasteiger partial charge in [-0.05, 0) is 25.6 Å². The summed E-state index contributed by atoms with van der Waals surface area (Å²) < 4.78 is 5.07. The number of ketones is 1. The molecule has 0 unspecified atom stereocenters. The SMILES string of the molecule is Cc1cc(CN(C)CC(=O)/C=C2\N(C)c3ccccc3C2(C)C)no1. The van der Waals surface area contributed by atoms with Crippen molar-refractivity contribution in [1.82, 2.24) is 10.1 Å². The Kier molecular flexibility index (Phi) is 4.52. The molecule has 0 atom stereocenters. The normalized spacial score (nSPS) is 17.4. The Hall–Kier alpha value is -2.40. The summed E-state index contributed by atoms with van der Waals surface area (Å²) in [6.07, 6.45) is 1.78. The van der Waals surface area contributed by atoms with Crippen molar-refractivity contribution in [3.05, 3.63) is 59.1 Å². The fourth-order valence-electron chi connectivity index (χ4n) is 3.55. The van der Waals surface area contributed by atoms with Gasteiger partial charge in [-0.1, -0.05) is 37.2 Å². The number of aryl methyl sites for hydroxylation is 1. The molecule has 0 radical (unpaired) electrons. The lowest BCUT2D eigenvalue weighted by molar-refractivity contribution is -0.115. The molecule has 0 spiro atoms. The average Bonchev–Trinajstić information content (AvgIpc) is 3.03. The van der Waals surface area contributed by atoms with Gasteiger partial charge in [-0.25, -0.2) is 0 Å². The van der Waals surface area contributed by atoms with Gasteiger partial charge >= 0.3 is 0 Å². The van der Waals surface area contributed by atoms with Crippen LogP contribution in [0.2, 0.25) is 0 Å². The van der Waals surface area contributed by atoms with Crippen molar-refractivity contribution in [3.8, 4) is 0 Å². The minimum atomic E-state index is -0.178. The fourth-order valence-corrected chi connectivity index (χ4v) is 3.55. The molecule has 0 amide bonds. The highest BCUT2D eigenvalue weighted by molar-refractivity contribution is 5.94. The van der Waals surface area contributed by atoms with Gasteiger partial charge in [0, 0.05) is 42.5 Å². The predicted molar refractivity (Wildman–Crippen MR) is 98.5 cm³/mol. The third-order valence-corrected chi connectivity index (χ3v) is 4.77. The van der Waals surface area contributed by atoms with Crippen molar-refractivity contribution in [1.29, 1.82) is 0 Å². The molecular formula is C20H25N3O2. The van der Waals surface area contributed by atoms with Crippen molar-refractivity contribution in [3.63, 3.8) is 0 Å². The highest BCUT2D eigenvalue weighted by Crippen LogP contribution is 2.46. The van der Waals surface area contributed by atoms with E-state index in [0.29, 0.717) is 13.1 Å². The van der Waals surface area contributed by atoms with Crippen LogP contribution in [0.15, 0.2) is 46.6 Å². The van der Waals surface area contributed by atoms with E-state index in [1.165, 1.54) is 5.56 Å². The standard InChI is InChI=1S/C20H25N3O2/c1-14-10-15(21-25-14)12-22(4)13-16(24)11-19-20(2,3)17-8-6-7-9-18(17)23(19)5/h6-11H,12-13H2,1-5H3/b19-11-. The maximum Gasteiger partial charge on any atom is 0.171 e. The zero-order valence-corrected chi connectivity index (χ0v) is 15.5. The van der Waals surface area contributed by atoms with Crippen molar-refractivity contribution in [2.45, 2.75) is 32.7 Å². The molecule has 0 N–H and O–H groups in total. The topological polar surface area (TPSA) is 49.6 Å². The van der Waals surface area contributed by atoms with E-state index < -0.39 is 0 Å². The number of aromatic nitrogens is 1. The van der Waals surface area contributed by atoms with Crippen LogP contribution in [0.5, 0.6) is 0 Å². The van der Waals surface area contributed by atoms with Gasteiger partial charge in [0.2, 0.25) is 0 Å². The molecule has 5 nitrogen and oxygen atoms in total. The monoisotopic (exact) mass is 339 g/mol. The Balaban J connectivity index is 1.73. The van der Waals surface area contributed by atoms with Crippen LogP contribution in [-0.4, -0.2) is 36.5 Å². The summed E-state index contributed by atoms with van der Waals surface area (Å²) in [4.78, 5) is 16.7. The lowest BCUT2D eigenvalue weighted by Crippen LogP contribution is -2.28. The molecule has 0 aliphatic carbocycles. The third kappa shape index (κ3) is 3.37. The zero-order valence-electron chi connectivity index (χ0n) is 15.5. The molecule has 1 aromatic heterocycles. The minimum absolute atomic E-state index is 0.0884. The van der Waals surface area contributed by atoms with E-state index in [1.54, 1.807) is 6.08 Å². The first-order valence-corrected chi connectivity index (χ1v) is 8.48. The number of likely N-dealkylation sites (N-methyl/N-ethyl adjacent to an activating group) is 2. The molecule has 0 bridgehead atoms. The number of para-hydroxylation sites is 1. The molecule has 0 fully saturated rings. The number of benzene rings is 1. The first kappa shape index (κ1) is 17.4. The second-order valence-electron chi connectivity index (χ2n) is 7.30. The number of nitrogens with zero attached hydrogens (tertiary/aromatic N) is 3. The predicted octanol–water partition coefficient (Wildman–Crippen LogP) is 3.30. The van der Waals surface area contributed by atoms with Crippen LogP contribution in [-0.2, 0) is 16.8 Å². The van der Waals surface area contributed by atoms with Gasteiger partial charge in [0.1, 0.15) is 5.76 Å². The van der Waals surface area contributed by atoms with Crippen molar-refractivity contribution < 1.29 is 9.32 Å². The van der Waals surface area contributed by atoms with E-state index in [2.05, 4.69) is 36.0 Å². The maximum atomic E-state index is 12.6. The Labute approximate surface area is 148 Å². The van der Waals surface area contributed by atoms with E-state index in [-0.39, 0.29) is 11.2 Å². The van der Waals surface area contributed by atoms with E-state index in [0.717, 1.165) is 22.8 Å². The number of allylic oxidation sites excluding steroid dienone is 1. The third-order valence-electron chi connectivity index (χ3n) is 4.77. The summed E-state index contributed by atoms with van der Waals surface area (Å²) in [6, 6.07) is 10.2. The van der Waals surface area contributed by atoms with Gasteiger partial charge < -0.3 is 9.42 Å². The van der Waals surface area contributed by atoms with Crippen molar-refractivity contribution in [2.24, 2.45) is 0 Å². The van der Waals surface area contributed by atoms with Gasteiger partial charge in [-0.15, -0.1) is 0 Å². The summed E-state index contributed by atoms with van der Waals surface area (Å²) in [5.41, 5.74) is 4.11. The number of carbonyl (C=O) groups is 1. The number of carbonyl (C=O) groups excluding carboxylic acids is 1. The average molecular weight is 339 g/mol. The van der Waals surface area contributed by atoms with Gasteiger partial charge in [-0.2, -0.15) is 0 Å². The summed E-state index contributed by atoms with van der Waals surface area (Å²) in [7, 11) is 3.94. The number of anilines is 1. The number of hydrogen-bond donors (Lipinski definition) is 0. The molecule has 2 aromatic rings. The van der Waals surface area contributed by atoms with Crippen LogP contribution < -0.4 is 4.90 Å².